The fourth-order valence-electron chi connectivity index (χ4n) is 2.08. The largest absolute Gasteiger partial charge is 0.357 e. The minimum absolute atomic E-state index is 0. The van der Waals surface area contributed by atoms with E-state index >= 15 is 0 Å². The molecule has 0 atom stereocenters. The Morgan fingerprint density at radius 3 is 2.60 bits per heavy atom. The molecule has 0 aliphatic carbocycles. The van der Waals surface area contributed by atoms with Crippen molar-refractivity contribution in [3.05, 3.63) is 51.5 Å². The summed E-state index contributed by atoms with van der Waals surface area (Å²) in [5.41, 5.74) is 2.69. The van der Waals surface area contributed by atoms with Gasteiger partial charge in [0.05, 0.1) is 6.54 Å². The van der Waals surface area contributed by atoms with Crippen molar-refractivity contribution in [1.82, 2.24) is 15.6 Å². The molecule has 0 unspecified atom stereocenters. The molecule has 1 heterocycles. The van der Waals surface area contributed by atoms with Crippen LogP contribution in [0.5, 0.6) is 0 Å². The topological polar surface area (TPSA) is 49.3 Å². The summed E-state index contributed by atoms with van der Waals surface area (Å²) < 4.78 is 0. The van der Waals surface area contributed by atoms with Crippen LogP contribution < -0.4 is 10.6 Å². The first-order chi connectivity index (χ1) is 11.7. The number of thioether (sulfide) groups is 1. The van der Waals surface area contributed by atoms with Crippen LogP contribution in [-0.2, 0) is 12.3 Å². The molecule has 2 aromatic rings. The third kappa shape index (κ3) is 8.91. The van der Waals surface area contributed by atoms with Gasteiger partial charge in [-0.25, -0.2) is 9.98 Å². The maximum absolute atomic E-state index is 4.60. The highest BCUT2D eigenvalue weighted by Crippen LogP contribution is 2.13. The highest BCUT2D eigenvalue weighted by Gasteiger charge is 2.00. The molecule has 0 radical (unpaired) electrons. The Hall–Kier alpha value is -0.800. The molecule has 0 saturated heterocycles. The van der Waals surface area contributed by atoms with Crippen LogP contribution in [0, 0.1) is 13.8 Å². The predicted octanol–water partition coefficient (Wildman–Crippen LogP) is 4.37. The van der Waals surface area contributed by atoms with Crippen LogP contribution >= 0.6 is 47.1 Å². The van der Waals surface area contributed by atoms with Gasteiger partial charge in [0.1, 0.15) is 5.01 Å². The molecular formula is C18H27IN4S2. The quantitative estimate of drug-likeness (QED) is 0.250. The zero-order chi connectivity index (χ0) is 17.2. The fraction of sp³-hybridized carbons (Fsp3) is 0.444. The van der Waals surface area contributed by atoms with Gasteiger partial charge < -0.3 is 10.6 Å². The molecule has 0 spiro atoms. The smallest absolute Gasteiger partial charge is 0.191 e. The van der Waals surface area contributed by atoms with Crippen molar-refractivity contribution in [3.8, 4) is 0 Å². The number of hydrogen-bond donors (Lipinski definition) is 2. The monoisotopic (exact) mass is 490 g/mol. The number of guanidine groups is 1. The lowest BCUT2D eigenvalue weighted by Gasteiger charge is -2.10. The van der Waals surface area contributed by atoms with Gasteiger partial charge in [-0.3, -0.25) is 0 Å². The fourth-order valence-corrected chi connectivity index (χ4v) is 3.61. The van der Waals surface area contributed by atoms with Crippen molar-refractivity contribution in [2.75, 3.05) is 18.8 Å². The summed E-state index contributed by atoms with van der Waals surface area (Å²) in [6, 6.07) is 8.75. The van der Waals surface area contributed by atoms with Gasteiger partial charge in [0, 0.05) is 35.7 Å². The number of thiazole rings is 1. The second kappa shape index (κ2) is 12.5. The van der Waals surface area contributed by atoms with Crippen molar-refractivity contribution in [1.29, 1.82) is 0 Å². The molecule has 0 fully saturated rings. The van der Waals surface area contributed by atoms with Gasteiger partial charge >= 0.3 is 0 Å². The van der Waals surface area contributed by atoms with E-state index in [1.54, 1.807) is 11.3 Å². The number of aliphatic imine (C=N–C) groups is 1. The molecule has 25 heavy (non-hydrogen) atoms. The van der Waals surface area contributed by atoms with E-state index in [2.05, 4.69) is 65.6 Å². The maximum Gasteiger partial charge on any atom is 0.191 e. The Morgan fingerprint density at radius 1 is 1.20 bits per heavy atom. The van der Waals surface area contributed by atoms with Gasteiger partial charge in [0.15, 0.2) is 5.96 Å². The highest BCUT2D eigenvalue weighted by molar-refractivity contribution is 14.0. The summed E-state index contributed by atoms with van der Waals surface area (Å²) >= 11 is 3.64. The number of nitrogens with zero attached hydrogens (tertiary/aromatic N) is 2. The summed E-state index contributed by atoms with van der Waals surface area (Å²) in [4.78, 5) is 10.2. The Bertz CT molecular complexity index is 641. The van der Waals surface area contributed by atoms with E-state index in [0.717, 1.165) is 35.6 Å². The Kier molecular flexibility index (Phi) is 11.2. The molecule has 0 amide bonds. The maximum atomic E-state index is 4.60. The average Bonchev–Trinajstić information content (AvgIpc) is 2.99. The van der Waals surface area contributed by atoms with Gasteiger partial charge in [-0.1, -0.05) is 29.8 Å². The van der Waals surface area contributed by atoms with Gasteiger partial charge in [0.25, 0.3) is 0 Å². The molecule has 2 rings (SSSR count). The zero-order valence-electron chi connectivity index (χ0n) is 15.0. The van der Waals surface area contributed by atoms with Crippen LogP contribution in [-0.4, -0.2) is 29.8 Å². The number of nitrogens with one attached hydrogen (secondary N) is 2. The normalized spacial score (nSPS) is 11.1. The average molecular weight is 490 g/mol. The Labute approximate surface area is 176 Å². The number of aromatic nitrogens is 1. The molecule has 4 nitrogen and oxygen atoms in total. The van der Waals surface area contributed by atoms with Crippen LogP contribution in [0.4, 0.5) is 0 Å². The van der Waals surface area contributed by atoms with E-state index in [-0.39, 0.29) is 24.0 Å². The van der Waals surface area contributed by atoms with Gasteiger partial charge in [-0.15, -0.1) is 35.3 Å². The van der Waals surface area contributed by atoms with Crippen molar-refractivity contribution in [2.24, 2.45) is 4.99 Å². The molecular weight excluding hydrogens is 463 g/mol. The first kappa shape index (κ1) is 22.2. The summed E-state index contributed by atoms with van der Waals surface area (Å²) in [6.45, 7) is 8.66. The van der Waals surface area contributed by atoms with Crippen molar-refractivity contribution in [3.63, 3.8) is 0 Å². The molecule has 0 aliphatic rings. The molecule has 1 aromatic heterocycles. The van der Waals surface area contributed by atoms with Crippen LogP contribution in [0.3, 0.4) is 0 Å². The molecule has 0 bridgehead atoms. The van der Waals surface area contributed by atoms with E-state index in [1.807, 2.05) is 18.0 Å². The number of aryl methyl sites for hydroxylation is 2. The number of halogens is 1. The zero-order valence-corrected chi connectivity index (χ0v) is 19.0. The van der Waals surface area contributed by atoms with E-state index in [0.29, 0.717) is 6.54 Å². The van der Waals surface area contributed by atoms with E-state index in [1.165, 1.54) is 16.0 Å². The third-order valence-electron chi connectivity index (χ3n) is 3.31. The second-order valence-electron chi connectivity index (χ2n) is 5.52. The lowest BCUT2D eigenvalue weighted by Crippen LogP contribution is -2.38. The van der Waals surface area contributed by atoms with E-state index in [4.69, 9.17) is 0 Å². The van der Waals surface area contributed by atoms with Gasteiger partial charge in [-0.05, 0) is 26.3 Å². The summed E-state index contributed by atoms with van der Waals surface area (Å²) in [6.07, 6.45) is 1.90. The summed E-state index contributed by atoms with van der Waals surface area (Å²) in [5, 5.41) is 7.72. The second-order valence-corrected chi connectivity index (χ2v) is 7.95. The number of benzene rings is 1. The lowest BCUT2D eigenvalue weighted by atomic mass is 10.2. The van der Waals surface area contributed by atoms with Gasteiger partial charge in [-0.2, -0.15) is 11.8 Å². The van der Waals surface area contributed by atoms with E-state index < -0.39 is 0 Å². The standard InChI is InChI=1S/C18H26N4S2.HI/c1-4-19-18(22-12-17-21-11-15(3)24-17)20-9-10-23-13-16-7-5-14(2)6-8-16;/h5-8,11H,4,9-10,12-13H2,1-3H3,(H2,19,20,22);1H. The Balaban J connectivity index is 0.00000312. The predicted molar refractivity (Wildman–Crippen MR) is 122 cm³/mol. The lowest BCUT2D eigenvalue weighted by molar-refractivity contribution is 0.841. The minimum Gasteiger partial charge on any atom is -0.357 e. The molecule has 138 valence electrons. The molecule has 0 aliphatic heterocycles. The SMILES string of the molecule is CCNC(=NCc1ncc(C)s1)NCCSCc1ccc(C)cc1.I. The summed E-state index contributed by atoms with van der Waals surface area (Å²) in [5.74, 6) is 2.96. The van der Waals surface area contributed by atoms with Crippen molar-refractivity contribution in [2.45, 2.75) is 33.1 Å². The first-order valence-corrected chi connectivity index (χ1v) is 10.2. The first-order valence-electron chi connectivity index (χ1n) is 8.24. The molecule has 0 saturated carbocycles. The van der Waals surface area contributed by atoms with E-state index in [9.17, 15) is 0 Å². The van der Waals surface area contributed by atoms with Gasteiger partial charge in [0.2, 0.25) is 0 Å². The Morgan fingerprint density at radius 2 is 1.96 bits per heavy atom. The number of hydrogen-bond acceptors (Lipinski definition) is 4. The van der Waals surface area contributed by atoms with Crippen LogP contribution in [0.2, 0.25) is 0 Å². The van der Waals surface area contributed by atoms with Crippen molar-refractivity contribution >= 4 is 53.0 Å². The molecule has 1 aromatic carbocycles. The summed E-state index contributed by atoms with van der Waals surface area (Å²) in [7, 11) is 0. The van der Waals surface area contributed by atoms with Crippen molar-refractivity contribution < 1.29 is 0 Å². The van der Waals surface area contributed by atoms with Crippen LogP contribution in [0.15, 0.2) is 35.5 Å². The molecule has 7 heteroatoms. The van der Waals surface area contributed by atoms with Crippen LogP contribution in [0.1, 0.15) is 27.9 Å². The molecule has 2 N–H and O–H groups in total. The number of rotatable bonds is 8. The third-order valence-corrected chi connectivity index (χ3v) is 5.24. The minimum atomic E-state index is 0. The van der Waals surface area contributed by atoms with Crippen LogP contribution in [0.25, 0.3) is 0 Å². The highest BCUT2D eigenvalue weighted by atomic mass is 127.